The summed E-state index contributed by atoms with van der Waals surface area (Å²) >= 11 is 0. The highest BCUT2D eigenvalue weighted by atomic mass is 16.6. The third-order valence-corrected chi connectivity index (χ3v) is 3.66. The Morgan fingerprint density at radius 3 is 2.24 bits per heavy atom. The van der Waals surface area contributed by atoms with E-state index >= 15 is 0 Å². The zero-order chi connectivity index (χ0) is 12.8. The molecule has 2 aliphatic rings. The lowest BCUT2D eigenvalue weighted by Crippen LogP contribution is -2.66. The van der Waals surface area contributed by atoms with Gasteiger partial charge in [-0.1, -0.05) is 0 Å². The van der Waals surface area contributed by atoms with Gasteiger partial charge in [-0.3, -0.25) is 4.79 Å². The molecule has 2 saturated carbocycles. The van der Waals surface area contributed by atoms with Gasteiger partial charge in [-0.15, -0.1) is 0 Å². The molecule has 4 atom stereocenters. The van der Waals surface area contributed by atoms with Crippen molar-refractivity contribution >= 4 is 12.1 Å². The predicted octanol–water partition coefficient (Wildman–Crippen LogP) is 1.62. The van der Waals surface area contributed by atoms with Gasteiger partial charge >= 0.3 is 12.1 Å². The fourth-order valence-corrected chi connectivity index (χ4v) is 2.81. The Morgan fingerprint density at radius 1 is 1.24 bits per heavy atom. The number of rotatable bonds is 2. The number of amides is 1. The van der Waals surface area contributed by atoms with Crippen LogP contribution >= 0.6 is 0 Å². The molecule has 2 N–H and O–H groups in total. The van der Waals surface area contributed by atoms with E-state index in [2.05, 4.69) is 5.32 Å². The van der Waals surface area contributed by atoms with E-state index in [-0.39, 0.29) is 12.0 Å². The lowest BCUT2D eigenvalue weighted by atomic mass is 9.50. The van der Waals surface area contributed by atoms with Crippen molar-refractivity contribution < 1.29 is 19.4 Å². The first kappa shape index (κ1) is 12.2. The first-order chi connectivity index (χ1) is 7.79. The molecule has 0 heterocycles. The van der Waals surface area contributed by atoms with Gasteiger partial charge in [0, 0.05) is 6.04 Å². The second kappa shape index (κ2) is 3.89. The fraction of sp³-hybridized carbons (Fsp3) is 0.833. The van der Waals surface area contributed by atoms with Gasteiger partial charge in [-0.05, 0) is 45.4 Å². The van der Waals surface area contributed by atoms with E-state index in [1.807, 2.05) is 0 Å². The van der Waals surface area contributed by atoms with Gasteiger partial charge in [-0.25, -0.2) is 4.79 Å². The van der Waals surface area contributed by atoms with Crippen molar-refractivity contribution in [1.29, 1.82) is 0 Å². The molecule has 0 aromatic rings. The maximum absolute atomic E-state index is 11.6. The summed E-state index contributed by atoms with van der Waals surface area (Å²) in [4.78, 5) is 22.6. The Bertz CT molecular complexity index is 347. The van der Waals surface area contributed by atoms with Crippen LogP contribution in [0.1, 0.15) is 33.6 Å². The highest BCUT2D eigenvalue weighted by Gasteiger charge is 2.59. The molecule has 0 saturated heterocycles. The number of ether oxygens (including phenoxy) is 1. The highest BCUT2D eigenvalue weighted by Crippen LogP contribution is 2.54. The molecular weight excluding hydrogens is 222 g/mol. The lowest BCUT2D eigenvalue weighted by molar-refractivity contribution is -0.163. The zero-order valence-electron chi connectivity index (χ0n) is 10.4. The topological polar surface area (TPSA) is 75.6 Å². The maximum Gasteiger partial charge on any atom is 0.407 e. The van der Waals surface area contributed by atoms with Crippen LogP contribution in [0.2, 0.25) is 0 Å². The number of carbonyl (C=O) groups excluding carboxylic acids is 1. The Labute approximate surface area is 101 Å². The molecule has 2 fully saturated rings. The summed E-state index contributed by atoms with van der Waals surface area (Å²) in [7, 11) is 0. The van der Waals surface area contributed by atoms with Gasteiger partial charge < -0.3 is 15.2 Å². The number of carboxylic acids is 1. The smallest absolute Gasteiger partial charge is 0.407 e. The van der Waals surface area contributed by atoms with Crippen LogP contribution in [-0.2, 0) is 9.53 Å². The average Bonchev–Trinajstić information content (AvgIpc) is 2.07. The van der Waals surface area contributed by atoms with E-state index in [4.69, 9.17) is 9.84 Å². The summed E-state index contributed by atoms with van der Waals surface area (Å²) in [5, 5.41) is 11.8. The Balaban J connectivity index is 1.90. The van der Waals surface area contributed by atoms with Gasteiger partial charge in [0.05, 0.1) is 5.92 Å². The summed E-state index contributed by atoms with van der Waals surface area (Å²) < 4.78 is 5.14. The van der Waals surface area contributed by atoms with Gasteiger partial charge in [0.2, 0.25) is 0 Å². The normalized spacial score (nSPS) is 35.0. The van der Waals surface area contributed by atoms with Gasteiger partial charge in [0.25, 0.3) is 0 Å². The molecule has 0 spiro atoms. The SMILES string of the molecule is CC(C)(C)OC(=O)NC1C2CCC2C1C(=O)O. The molecule has 5 nitrogen and oxygen atoms in total. The van der Waals surface area contributed by atoms with Gasteiger partial charge in [-0.2, -0.15) is 0 Å². The van der Waals surface area contributed by atoms with E-state index in [9.17, 15) is 9.59 Å². The van der Waals surface area contributed by atoms with Crippen molar-refractivity contribution in [3.63, 3.8) is 0 Å². The molecule has 96 valence electrons. The number of hydrogen-bond acceptors (Lipinski definition) is 3. The molecule has 2 aliphatic carbocycles. The minimum atomic E-state index is -0.813. The van der Waals surface area contributed by atoms with Crippen molar-refractivity contribution in [2.45, 2.75) is 45.3 Å². The predicted molar refractivity (Wildman–Crippen MR) is 60.5 cm³/mol. The van der Waals surface area contributed by atoms with E-state index < -0.39 is 23.6 Å². The number of nitrogens with one attached hydrogen (secondary N) is 1. The molecule has 0 aliphatic heterocycles. The molecule has 5 heteroatoms. The van der Waals surface area contributed by atoms with Crippen LogP contribution in [0.15, 0.2) is 0 Å². The van der Waals surface area contributed by atoms with E-state index in [1.165, 1.54) is 0 Å². The number of carboxylic acid groups (broad SMARTS) is 1. The molecule has 0 radical (unpaired) electrons. The monoisotopic (exact) mass is 241 g/mol. The molecule has 17 heavy (non-hydrogen) atoms. The average molecular weight is 241 g/mol. The molecular formula is C12H19NO4. The first-order valence-corrected chi connectivity index (χ1v) is 6.02. The van der Waals surface area contributed by atoms with Crippen molar-refractivity contribution in [1.82, 2.24) is 5.32 Å². The van der Waals surface area contributed by atoms with Crippen LogP contribution in [-0.4, -0.2) is 28.8 Å². The van der Waals surface area contributed by atoms with Crippen LogP contribution in [0.4, 0.5) is 4.79 Å². The van der Waals surface area contributed by atoms with Crippen molar-refractivity contribution in [2.24, 2.45) is 17.8 Å². The van der Waals surface area contributed by atoms with Gasteiger partial charge in [0.15, 0.2) is 0 Å². The summed E-state index contributed by atoms with van der Waals surface area (Å²) in [5.41, 5.74) is -0.550. The standard InChI is InChI=1S/C12H19NO4/c1-12(2,3)17-11(16)13-9-7-5-4-6(7)8(9)10(14)15/h6-9H,4-5H2,1-3H3,(H,13,16)(H,14,15). The van der Waals surface area contributed by atoms with Crippen molar-refractivity contribution in [2.75, 3.05) is 0 Å². The fourth-order valence-electron chi connectivity index (χ4n) is 2.81. The Kier molecular flexibility index (Phi) is 2.79. The number of fused-ring (bicyclic) bond motifs is 1. The van der Waals surface area contributed by atoms with Crippen LogP contribution in [0, 0.1) is 17.8 Å². The second-order valence-electron chi connectivity index (χ2n) is 5.94. The highest BCUT2D eigenvalue weighted by molar-refractivity contribution is 5.76. The Morgan fingerprint density at radius 2 is 1.82 bits per heavy atom. The van der Waals surface area contributed by atoms with Crippen molar-refractivity contribution in [3.8, 4) is 0 Å². The molecule has 4 unspecified atom stereocenters. The third-order valence-electron chi connectivity index (χ3n) is 3.66. The van der Waals surface area contributed by atoms with E-state index in [0.717, 1.165) is 12.8 Å². The van der Waals surface area contributed by atoms with Crippen LogP contribution in [0.5, 0.6) is 0 Å². The van der Waals surface area contributed by atoms with Crippen LogP contribution in [0.3, 0.4) is 0 Å². The zero-order valence-corrected chi connectivity index (χ0v) is 10.4. The molecule has 2 rings (SSSR count). The molecule has 0 aromatic heterocycles. The number of alkyl carbamates (subject to hydrolysis) is 1. The van der Waals surface area contributed by atoms with Crippen molar-refractivity contribution in [3.05, 3.63) is 0 Å². The van der Waals surface area contributed by atoms with Crippen LogP contribution < -0.4 is 5.32 Å². The quantitative estimate of drug-likeness (QED) is 0.770. The largest absolute Gasteiger partial charge is 0.481 e. The number of hydrogen-bond donors (Lipinski definition) is 2. The second-order valence-corrected chi connectivity index (χ2v) is 5.94. The summed E-state index contributed by atoms with van der Waals surface area (Å²) in [6.07, 6.45) is 1.46. The first-order valence-electron chi connectivity index (χ1n) is 6.02. The van der Waals surface area contributed by atoms with Crippen LogP contribution in [0.25, 0.3) is 0 Å². The summed E-state index contributed by atoms with van der Waals surface area (Å²) in [6.45, 7) is 5.36. The van der Waals surface area contributed by atoms with Gasteiger partial charge in [0.1, 0.15) is 5.60 Å². The minimum absolute atomic E-state index is 0.249. The maximum atomic E-state index is 11.6. The van der Waals surface area contributed by atoms with E-state index in [0.29, 0.717) is 5.92 Å². The Hall–Kier alpha value is -1.26. The molecule has 1 amide bonds. The summed E-state index contributed by atoms with van der Waals surface area (Å²) in [5.74, 6) is -0.649. The molecule has 0 aromatic carbocycles. The number of aliphatic carboxylic acids is 1. The number of carbonyl (C=O) groups is 2. The molecule has 0 bridgehead atoms. The van der Waals surface area contributed by atoms with E-state index in [1.54, 1.807) is 20.8 Å². The third kappa shape index (κ3) is 2.23. The minimum Gasteiger partial charge on any atom is -0.481 e. The lowest BCUT2D eigenvalue weighted by Gasteiger charge is -2.57. The summed E-state index contributed by atoms with van der Waals surface area (Å²) in [6, 6.07) is -0.249.